The summed E-state index contributed by atoms with van der Waals surface area (Å²) in [6, 6.07) is 8.03. The van der Waals surface area contributed by atoms with Crippen LogP contribution in [0.3, 0.4) is 0 Å². The molecule has 1 fully saturated rings. The number of carbonyl (C=O) groups is 1. The topological polar surface area (TPSA) is 61.8 Å². The molecule has 0 aliphatic heterocycles. The van der Waals surface area contributed by atoms with E-state index in [1.807, 2.05) is 38.1 Å². The van der Waals surface area contributed by atoms with E-state index in [0.29, 0.717) is 19.1 Å². The van der Waals surface area contributed by atoms with Gasteiger partial charge in [0.15, 0.2) is 0 Å². The number of benzene rings is 1. The number of nitrogens with zero attached hydrogens (tertiary/aromatic N) is 1. The second kappa shape index (κ2) is 7.31. The van der Waals surface area contributed by atoms with E-state index in [1.165, 1.54) is 0 Å². The van der Waals surface area contributed by atoms with Crippen molar-refractivity contribution in [2.45, 2.75) is 38.8 Å². The van der Waals surface area contributed by atoms with Gasteiger partial charge in [-0.25, -0.2) is 4.79 Å². The summed E-state index contributed by atoms with van der Waals surface area (Å²) in [5, 5.41) is 11.9. The SMILES string of the molecule is Cc1cccc(OC(C)CNC(=O)N(CCO)C2CC2)c1. The van der Waals surface area contributed by atoms with Gasteiger partial charge in [0.2, 0.25) is 0 Å². The van der Waals surface area contributed by atoms with Crippen LogP contribution in [0, 0.1) is 6.92 Å². The van der Waals surface area contributed by atoms with Gasteiger partial charge in [0, 0.05) is 12.6 Å². The maximum atomic E-state index is 12.1. The van der Waals surface area contributed by atoms with Crippen molar-refractivity contribution in [3.63, 3.8) is 0 Å². The van der Waals surface area contributed by atoms with Gasteiger partial charge in [0.05, 0.1) is 13.2 Å². The molecule has 2 N–H and O–H groups in total. The first-order valence-electron chi connectivity index (χ1n) is 7.49. The van der Waals surface area contributed by atoms with E-state index in [9.17, 15) is 4.79 Å². The van der Waals surface area contributed by atoms with Crippen LogP contribution >= 0.6 is 0 Å². The summed E-state index contributed by atoms with van der Waals surface area (Å²) in [4.78, 5) is 13.8. The Morgan fingerprint density at radius 3 is 2.90 bits per heavy atom. The Labute approximate surface area is 125 Å². The Morgan fingerprint density at radius 1 is 1.52 bits per heavy atom. The summed E-state index contributed by atoms with van der Waals surface area (Å²) in [5.41, 5.74) is 1.14. The number of nitrogens with one attached hydrogen (secondary N) is 1. The molecule has 0 saturated heterocycles. The molecule has 0 radical (unpaired) electrons. The second-order valence-electron chi connectivity index (χ2n) is 5.58. The van der Waals surface area contributed by atoms with Gasteiger partial charge in [-0.15, -0.1) is 0 Å². The fourth-order valence-electron chi connectivity index (χ4n) is 2.24. The summed E-state index contributed by atoms with van der Waals surface area (Å²) in [5.74, 6) is 0.811. The lowest BCUT2D eigenvalue weighted by Crippen LogP contribution is -2.45. The van der Waals surface area contributed by atoms with Crippen LogP contribution in [0.2, 0.25) is 0 Å². The molecular formula is C16H24N2O3. The molecule has 0 heterocycles. The third-order valence-electron chi connectivity index (χ3n) is 3.46. The number of aliphatic hydroxyl groups excluding tert-OH is 1. The molecule has 1 aliphatic carbocycles. The molecule has 1 atom stereocenters. The molecule has 2 rings (SSSR count). The normalized spacial score (nSPS) is 15.4. The van der Waals surface area contributed by atoms with Crippen LogP contribution in [-0.4, -0.2) is 47.9 Å². The maximum Gasteiger partial charge on any atom is 0.317 e. The van der Waals surface area contributed by atoms with Crippen LogP contribution in [0.1, 0.15) is 25.3 Å². The Morgan fingerprint density at radius 2 is 2.29 bits per heavy atom. The minimum atomic E-state index is -0.119. The Bertz CT molecular complexity index is 474. The number of hydrogen-bond donors (Lipinski definition) is 2. The highest BCUT2D eigenvalue weighted by atomic mass is 16.5. The zero-order valence-electron chi connectivity index (χ0n) is 12.7. The van der Waals surface area contributed by atoms with E-state index in [2.05, 4.69) is 5.32 Å². The molecule has 21 heavy (non-hydrogen) atoms. The molecular weight excluding hydrogens is 268 g/mol. The lowest BCUT2D eigenvalue weighted by molar-refractivity contribution is 0.165. The van der Waals surface area contributed by atoms with Crippen LogP contribution in [0.15, 0.2) is 24.3 Å². The van der Waals surface area contributed by atoms with E-state index < -0.39 is 0 Å². The van der Waals surface area contributed by atoms with E-state index in [0.717, 1.165) is 24.2 Å². The average molecular weight is 292 g/mol. The third-order valence-corrected chi connectivity index (χ3v) is 3.46. The lowest BCUT2D eigenvalue weighted by Gasteiger charge is -2.23. The molecule has 2 amide bonds. The van der Waals surface area contributed by atoms with Crippen LogP contribution in [-0.2, 0) is 0 Å². The standard InChI is InChI=1S/C16H24N2O3/c1-12-4-3-5-15(10-12)21-13(2)11-17-16(20)18(8-9-19)14-6-7-14/h3-5,10,13-14,19H,6-9,11H2,1-2H3,(H,17,20). The fourth-order valence-corrected chi connectivity index (χ4v) is 2.24. The van der Waals surface area contributed by atoms with Crippen molar-refractivity contribution >= 4 is 6.03 Å². The van der Waals surface area contributed by atoms with Crippen LogP contribution in [0.5, 0.6) is 5.75 Å². The first kappa shape index (κ1) is 15.6. The number of urea groups is 1. The van der Waals surface area contributed by atoms with Crippen molar-refractivity contribution in [2.24, 2.45) is 0 Å². The first-order valence-corrected chi connectivity index (χ1v) is 7.49. The van der Waals surface area contributed by atoms with E-state index >= 15 is 0 Å². The van der Waals surface area contributed by atoms with Gasteiger partial charge in [-0.05, 0) is 44.4 Å². The monoisotopic (exact) mass is 292 g/mol. The number of aryl methyl sites for hydroxylation is 1. The zero-order chi connectivity index (χ0) is 15.2. The number of hydrogen-bond acceptors (Lipinski definition) is 3. The van der Waals surface area contributed by atoms with Crippen molar-refractivity contribution in [3.05, 3.63) is 29.8 Å². The number of rotatable bonds is 7. The van der Waals surface area contributed by atoms with Crippen LogP contribution in [0.4, 0.5) is 4.79 Å². The number of carbonyl (C=O) groups excluding carboxylic acids is 1. The van der Waals surface area contributed by atoms with Crippen LogP contribution in [0.25, 0.3) is 0 Å². The molecule has 0 spiro atoms. The Kier molecular flexibility index (Phi) is 5.44. The summed E-state index contributed by atoms with van der Waals surface area (Å²) < 4.78 is 5.78. The Balaban J connectivity index is 1.77. The lowest BCUT2D eigenvalue weighted by atomic mass is 10.2. The highest BCUT2D eigenvalue weighted by molar-refractivity contribution is 5.74. The van der Waals surface area contributed by atoms with Gasteiger partial charge in [0.25, 0.3) is 0 Å². The van der Waals surface area contributed by atoms with Crippen molar-refractivity contribution in [2.75, 3.05) is 19.7 Å². The minimum Gasteiger partial charge on any atom is -0.489 e. The molecule has 1 saturated carbocycles. The van der Waals surface area contributed by atoms with Gasteiger partial charge in [-0.1, -0.05) is 12.1 Å². The second-order valence-corrected chi connectivity index (χ2v) is 5.58. The molecule has 0 aromatic heterocycles. The molecule has 116 valence electrons. The van der Waals surface area contributed by atoms with E-state index in [1.54, 1.807) is 4.90 Å². The van der Waals surface area contributed by atoms with Crippen molar-refractivity contribution in [1.29, 1.82) is 0 Å². The summed E-state index contributed by atoms with van der Waals surface area (Å²) in [7, 11) is 0. The van der Waals surface area contributed by atoms with Crippen molar-refractivity contribution < 1.29 is 14.6 Å². The third kappa shape index (κ3) is 4.93. The first-order chi connectivity index (χ1) is 10.1. The predicted molar refractivity (Wildman–Crippen MR) is 81.5 cm³/mol. The van der Waals surface area contributed by atoms with Gasteiger partial charge in [-0.3, -0.25) is 0 Å². The average Bonchev–Trinajstić information content (AvgIpc) is 3.26. The fraction of sp³-hybridized carbons (Fsp3) is 0.562. The number of aliphatic hydroxyl groups is 1. The smallest absolute Gasteiger partial charge is 0.317 e. The number of amides is 2. The van der Waals surface area contributed by atoms with Crippen LogP contribution < -0.4 is 10.1 Å². The molecule has 5 heteroatoms. The minimum absolute atomic E-state index is 0.000728. The molecule has 1 aliphatic rings. The Hall–Kier alpha value is -1.75. The molecule has 1 aromatic carbocycles. The quantitative estimate of drug-likeness (QED) is 0.807. The molecule has 1 aromatic rings. The largest absolute Gasteiger partial charge is 0.489 e. The highest BCUT2D eigenvalue weighted by Gasteiger charge is 2.32. The molecule has 1 unspecified atom stereocenters. The summed E-state index contributed by atoms with van der Waals surface area (Å²) >= 11 is 0. The summed E-state index contributed by atoms with van der Waals surface area (Å²) in [6.07, 6.45) is 1.96. The predicted octanol–water partition coefficient (Wildman–Crippen LogP) is 1.93. The van der Waals surface area contributed by atoms with Gasteiger partial charge >= 0.3 is 6.03 Å². The molecule has 0 bridgehead atoms. The summed E-state index contributed by atoms with van der Waals surface area (Å²) in [6.45, 7) is 4.78. The van der Waals surface area contributed by atoms with Gasteiger partial charge in [0.1, 0.15) is 11.9 Å². The maximum absolute atomic E-state index is 12.1. The van der Waals surface area contributed by atoms with Crippen molar-refractivity contribution in [3.8, 4) is 5.75 Å². The van der Waals surface area contributed by atoms with E-state index in [4.69, 9.17) is 9.84 Å². The zero-order valence-corrected chi connectivity index (χ0v) is 12.7. The van der Waals surface area contributed by atoms with Gasteiger partial charge in [-0.2, -0.15) is 0 Å². The number of ether oxygens (including phenoxy) is 1. The molecule has 5 nitrogen and oxygen atoms in total. The highest BCUT2D eigenvalue weighted by Crippen LogP contribution is 2.26. The van der Waals surface area contributed by atoms with Crippen molar-refractivity contribution in [1.82, 2.24) is 10.2 Å². The van der Waals surface area contributed by atoms with Gasteiger partial charge < -0.3 is 20.1 Å². The van der Waals surface area contributed by atoms with E-state index in [-0.39, 0.29) is 18.7 Å².